The first-order valence-electron chi connectivity index (χ1n) is 10.9. The number of fused-ring (bicyclic) bond motifs is 3. The molecule has 1 amide bonds. The molecule has 1 aromatic carbocycles. The predicted octanol–water partition coefficient (Wildman–Crippen LogP) is 2.96. The van der Waals surface area contributed by atoms with Crippen molar-refractivity contribution >= 4 is 5.91 Å². The molecule has 4 rings (SSSR count). The van der Waals surface area contributed by atoms with Crippen molar-refractivity contribution < 1.29 is 15.0 Å². The Bertz CT molecular complexity index is 760. The summed E-state index contributed by atoms with van der Waals surface area (Å²) in [4.78, 5) is 14.5. The maximum absolute atomic E-state index is 11.8. The van der Waals surface area contributed by atoms with E-state index < -0.39 is 5.91 Å². The van der Waals surface area contributed by atoms with Crippen molar-refractivity contribution in [2.75, 3.05) is 13.1 Å². The fourth-order valence-electron chi connectivity index (χ4n) is 6.23. The Kier molecular flexibility index (Phi) is 5.17. The van der Waals surface area contributed by atoms with Crippen LogP contribution in [-0.4, -0.2) is 46.3 Å². The van der Waals surface area contributed by atoms with Gasteiger partial charge in [0.15, 0.2) is 0 Å². The van der Waals surface area contributed by atoms with Crippen LogP contribution < -0.4 is 5.73 Å². The van der Waals surface area contributed by atoms with Gasteiger partial charge in [0.2, 0.25) is 0 Å². The molecule has 2 saturated carbocycles. The largest absolute Gasteiger partial charge is 0.507 e. The quantitative estimate of drug-likeness (QED) is 0.726. The molecule has 0 heterocycles. The minimum Gasteiger partial charge on any atom is -0.507 e. The standard InChI is InChI=1S/C23H34N2O3/c1-3-25(13-14-5-4-6-14)19-11-15-7-9-17(22(24)28)21(27)20(15)23(2)12-16(26)8-10-18(19)23/h7,9,14,16,18-19,26-27H,3-6,8,10-13H2,1-2H3,(H2,24,28)/t16-,18-,19+,23-/m0/s1. The number of rotatable bonds is 5. The van der Waals surface area contributed by atoms with Crippen LogP contribution in [0, 0.1) is 11.8 Å². The van der Waals surface area contributed by atoms with Crippen LogP contribution in [0.25, 0.3) is 0 Å². The molecule has 1 aromatic rings. The lowest BCUT2D eigenvalue weighted by atomic mass is 9.55. The van der Waals surface area contributed by atoms with Crippen molar-refractivity contribution in [3.05, 3.63) is 28.8 Å². The Balaban J connectivity index is 1.77. The van der Waals surface area contributed by atoms with E-state index in [4.69, 9.17) is 5.73 Å². The van der Waals surface area contributed by atoms with Gasteiger partial charge in [-0.3, -0.25) is 9.69 Å². The zero-order chi connectivity index (χ0) is 20.1. The summed E-state index contributed by atoms with van der Waals surface area (Å²) in [6.07, 6.45) is 6.92. The molecule has 4 atom stereocenters. The molecule has 5 heteroatoms. The smallest absolute Gasteiger partial charge is 0.252 e. The topological polar surface area (TPSA) is 86.8 Å². The molecule has 0 saturated heterocycles. The fourth-order valence-corrected chi connectivity index (χ4v) is 6.23. The lowest BCUT2D eigenvalue weighted by molar-refractivity contribution is -0.00697. The Morgan fingerprint density at radius 1 is 1.29 bits per heavy atom. The molecule has 2 fully saturated rings. The van der Waals surface area contributed by atoms with E-state index >= 15 is 0 Å². The zero-order valence-corrected chi connectivity index (χ0v) is 17.2. The second kappa shape index (κ2) is 7.34. The third-order valence-electron chi connectivity index (χ3n) is 7.88. The first kappa shape index (κ1) is 19.7. The van der Waals surface area contributed by atoms with Crippen LogP contribution in [0.15, 0.2) is 12.1 Å². The minimum absolute atomic E-state index is 0.0343. The van der Waals surface area contributed by atoms with Gasteiger partial charge >= 0.3 is 0 Å². The number of aromatic hydroxyl groups is 1. The summed E-state index contributed by atoms with van der Waals surface area (Å²) >= 11 is 0. The number of hydrogen-bond acceptors (Lipinski definition) is 4. The van der Waals surface area contributed by atoms with Gasteiger partial charge in [-0.2, -0.15) is 0 Å². The Hall–Kier alpha value is -1.59. The van der Waals surface area contributed by atoms with Gasteiger partial charge < -0.3 is 15.9 Å². The van der Waals surface area contributed by atoms with Gasteiger partial charge in [0.25, 0.3) is 5.91 Å². The summed E-state index contributed by atoms with van der Waals surface area (Å²) < 4.78 is 0. The molecule has 5 nitrogen and oxygen atoms in total. The second-order valence-corrected chi connectivity index (χ2v) is 9.48. The molecule has 0 aliphatic heterocycles. The van der Waals surface area contributed by atoms with Gasteiger partial charge in [-0.25, -0.2) is 0 Å². The molecular weight excluding hydrogens is 352 g/mol. The molecule has 3 aliphatic rings. The van der Waals surface area contributed by atoms with Crippen LogP contribution >= 0.6 is 0 Å². The highest BCUT2D eigenvalue weighted by Gasteiger charge is 2.51. The second-order valence-electron chi connectivity index (χ2n) is 9.48. The summed E-state index contributed by atoms with van der Waals surface area (Å²) in [5.74, 6) is 0.607. The number of amides is 1. The van der Waals surface area contributed by atoms with E-state index in [1.54, 1.807) is 6.07 Å². The van der Waals surface area contributed by atoms with Crippen LogP contribution in [0.5, 0.6) is 5.75 Å². The number of nitrogens with two attached hydrogens (primary N) is 1. The van der Waals surface area contributed by atoms with Gasteiger partial charge in [-0.05, 0) is 68.5 Å². The summed E-state index contributed by atoms with van der Waals surface area (Å²) in [6.45, 7) is 6.59. The predicted molar refractivity (Wildman–Crippen MR) is 109 cm³/mol. The Morgan fingerprint density at radius 3 is 2.64 bits per heavy atom. The van der Waals surface area contributed by atoms with Gasteiger partial charge in [0, 0.05) is 23.6 Å². The lowest BCUT2D eigenvalue weighted by Gasteiger charge is -2.54. The Morgan fingerprint density at radius 2 is 2.04 bits per heavy atom. The van der Waals surface area contributed by atoms with E-state index in [1.165, 1.54) is 19.3 Å². The number of carbonyl (C=O) groups excluding carboxylic acids is 1. The number of phenols is 1. The van der Waals surface area contributed by atoms with E-state index in [9.17, 15) is 15.0 Å². The number of aliphatic hydroxyl groups is 1. The first-order chi connectivity index (χ1) is 13.3. The van der Waals surface area contributed by atoms with Gasteiger partial charge in [0.05, 0.1) is 11.7 Å². The van der Waals surface area contributed by atoms with Crippen LogP contribution in [0.4, 0.5) is 0 Å². The summed E-state index contributed by atoms with van der Waals surface area (Å²) in [7, 11) is 0. The van der Waals surface area contributed by atoms with Crippen molar-refractivity contribution in [1.29, 1.82) is 0 Å². The lowest BCUT2D eigenvalue weighted by Crippen LogP contribution is -2.57. The molecular formula is C23H34N2O3. The van der Waals surface area contributed by atoms with E-state index in [-0.39, 0.29) is 22.8 Å². The fraction of sp³-hybridized carbons (Fsp3) is 0.696. The number of carbonyl (C=O) groups is 1. The number of likely N-dealkylation sites (N-methyl/N-ethyl adjacent to an activating group) is 1. The van der Waals surface area contributed by atoms with Crippen LogP contribution in [0.2, 0.25) is 0 Å². The van der Waals surface area contributed by atoms with Gasteiger partial charge in [-0.15, -0.1) is 0 Å². The van der Waals surface area contributed by atoms with Crippen LogP contribution in [-0.2, 0) is 11.8 Å². The SMILES string of the molecule is CCN(CC1CCC1)[C@@H]1Cc2ccc(C(N)=O)c(O)c2[C@@]2(C)C[C@@H](O)CC[C@@H]12. The number of aliphatic hydroxyl groups excluding tert-OH is 1. The van der Waals surface area contributed by atoms with Gasteiger partial charge in [-0.1, -0.05) is 26.3 Å². The maximum atomic E-state index is 11.8. The van der Waals surface area contributed by atoms with Crippen molar-refractivity contribution in [2.24, 2.45) is 17.6 Å². The van der Waals surface area contributed by atoms with E-state index in [0.29, 0.717) is 18.4 Å². The average molecular weight is 387 g/mol. The molecule has 154 valence electrons. The van der Waals surface area contributed by atoms with E-state index in [1.807, 2.05) is 6.07 Å². The van der Waals surface area contributed by atoms with Gasteiger partial charge in [0.1, 0.15) is 5.75 Å². The van der Waals surface area contributed by atoms with Crippen molar-refractivity contribution in [3.63, 3.8) is 0 Å². The molecule has 3 aliphatic carbocycles. The van der Waals surface area contributed by atoms with Crippen molar-refractivity contribution in [2.45, 2.75) is 76.4 Å². The number of benzene rings is 1. The number of hydrogen-bond donors (Lipinski definition) is 3. The molecule has 0 bridgehead atoms. The van der Waals surface area contributed by atoms with Crippen molar-refractivity contribution in [3.8, 4) is 5.75 Å². The third-order valence-corrected chi connectivity index (χ3v) is 7.88. The Labute approximate surface area is 167 Å². The van der Waals surface area contributed by atoms with E-state index in [0.717, 1.165) is 49.4 Å². The molecule has 28 heavy (non-hydrogen) atoms. The molecule has 0 unspecified atom stereocenters. The third kappa shape index (κ3) is 3.13. The molecule has 0 aromatic heterocycles. The molecule has 0 spiro atoms. The van der Waals surface area contributed by atoms with Crippen molar-refractivity contribution in [1.82, 2.24) is 4.90 Å². The van der Waals surface area contributed by atoms with Crippen LogP contribution in [0.1, 0.15) is 73.9 Å². The first-order valence-corrected chi connectivity index (χ1v) is 10.9. The maximum Gasteiger partial charge on any atom is 0.252 e. The number of nitrogens with zero attached hydrogens (tertiary/aromatic N) is 1. The highest BCUT2D eigenvalue weighted by molar-refractivity contribution is 5.96. The molecule has 0 radical (unpaired) electrons. The minimum atomic E-state index is -0.598. The van der Waals surface area contributed by atoms with Crippen LogP contribution in [0.3, 0.4) is 0 Å². The monoisotopic (exact) mass is 386 g/mol. The highest BCUT2D eigenvalue weighted by Crippen LogP contribution is 2.54. The highest BCUT2D eigenvalue weighted by atomic mass is 16.3. The summed E-state index contributed by atoms with van der Waals surface area (Å²) in [6, 6.07) is 4.05. The zero-order valence-electron chi connectivity index (χ0n) is 17.2. The average Bonchev–Trinajstić information content (AvgIpc) is 2.59. The summed E-state index contributed by atoms with van der Waals surface area (Å²) in [5, 5.41) is 21.5. The number of primary amides is 1. The summed E-state index contributed by atoms with van der Waals surface area (Å²) in [5.41, 5.74) is 7.30. The normalized spacial score (nSPS) is 32.5. The molecule has 4 N–H and O–H groups in total. The van der Waals surface area contributed by atoms with E-state index in [2.05, 4.69) is 18.7 Å².